The Morgan fingerprint density at radius 3 is 2.62 bits per heavy atom. The van der Waals surface area contributed by atoms with Gasteiger partial charge in [0.15, 0.2) is 0 Å². The number of nitrogens with zero attached hydrogens (tertiary/aromatic N) is 4. The van der Waals surface area contributed by atoms with Crippen molar-refractivity contribution in [2.75, 3.05) is 6.26 Å². The van der Waals surface area contributed by atoms with Crippen molar-refractivity contribution in [2.24, 2.45) is 22.4 Å². The van der Waals surface area contributed by atoms with Gasteiger partial charge in [0.2, 0.25) is 5.16 Å². The molecule has 0 N–H and O–H groups in total. The fraction of sp³-hybridized carbons (Fsp3) is 0.667. The summed E-state index contributed by atoms with van der Waals surface area (Å²) in [6, 6.07) is 0. The lowest BCUT2D eigenvalue weighted by molar-refractivity contribution is -0.00127. The predicted molar refractivity (Wildman–Crippen MR) is 98.7 cm³/mol. The van der Waals surface area contributed by atoms with Gasteiger partial charge in [-0.1, -0.05) is 52.5 Å². The van der Waals surface area contributed by atoms with Crippen LogP contribution in [0, 0.1) is 17.3 Å². The third-order valence-electron chi connectivity index (χ3n) is 5.54. The van der Waals surface area contributed by atoms with Gasteiger partial charge in [-0.15, -0.1) is 10.2 Å². The molecule has 4 rings (SSSR count). The van der Waals surface area contributed by atoms with E-state index in [1.165, 1.54) is 28.4 Å². The maximum absolute atomic E-state index is 12.8. The molecule has 2 unspecified atom stereocenters. The third kappa shape index (κ3) is 2.75. The van der Waals surface area contributed by atoms with E-state index >= 15 is 0 Å². The van der Waals surface area contributed by atoms with E-state index in [0.717, 1.165) is 12.3 Å². The highest BCUT2D eigenvalue weighted by atomic mass is 32.2. The summed E-state index contributed by atoms with van der Waals surface area (Å²) in [5.74, 6) is 1.34. The Morgan fingerprint density at radius 1 is 1.38 bits per heavy atom. The topological polar surface area (TPSA) is 60.1 Å². The second-order valence-electron chi connectivity index (χ2n) is 8.39. The van der Waals surface area contributed by atoms with E-state index in [1.54, 1.807) is 0 Å². The molecule has 1 heterocycles. The Kier molecular flexibility index (Phi) is 4.22. The van der Waals surface area contributed by atoms with Gasteiger partial charge in [-0.3, -0.25) is 4.79 Å². The average molecular weight is 347 g/mol. The van der Waals surface area contributed by atoms with E-state index in [9.17, 15) is 4.79 Å². The maximum Gasteiger partial charge on any atom is 0.297 e. The van der Waals surface area contributed by atoms with E-state index in [4.69, 9.17) is 0 Å². The Labute approximate surface area is 147 Å². The highest BCUT2D eigenvalue weighted by Gasteiger charge is 2.50. The predicted octanol–water partition coefficient (Wildman–Crippen LogP) is 3.48. The van der Waals surface area contributed by atoms with Crippen LogP contribution in [0.1, 0.15) is 53.2 Å². The highest BCUT2D eigenvalue weighted by molar-refractivity contribution is 7.98. The molecule has 1 aromatic heterocycles. The van der Waals surface area contributed by atoms with Crippen molar-refractivity contribution in [3.8, 4) is 0 Å². The van der Waals surface area contributed by atoms with Crippen LogP contribution in [-0.2, 0) is 5.41 Å². The normalized spacial score (nSPS) is 25.5. The fourth-order valence-electron chi connectivity index (χ4n) is 3.73. The van der Waals surface area contributed by atoms with Crippen molar-refractivity contribution in [1.29, 1.82) is 0 Å². The molecule has 24 heavy (non-hydrogen) atoms. The molecule has 3 aliphatic rings. The molecule has 2 bridgehead atoms. The molecule has 2 atom stereocenters. The van der Waals surface area contributed by atoms with Gasteiger partial charge in [0.1, 0.15) is 5.69 Å². The van der Waals surface area contributed by atoms with Gasteiger partial charge in [0, 0.05) is 5.41 Å². The SMILES string of the molecule is CSc1nnc(C(C)(C)C)c(=O)n1/N=C/C1=CCC2CC1C2(C)C. The van der Waals surface area contributed by atoms with Gasteiger partial charge in [0.05, 0.1) is 6.21 Å². The van der Waals surface area contributed by atoms with Gasteiger partial charge in [-0.2, -0.15) is 9.78 Å². The van der Waals surface area contributed by atoms with E-state index < -0.39 is 0 Å². The van der Waals surface area contributed by atoms with Crippen LogP contribution in [-0.4, -0.2) is 27.3 Å². The summed E-state index contributed by atoms with van der Waals surface area (Å²) in [6.45, 7) is 10.6. The molecular formula is C18H26N4OS. The maximum atomic E-state index is 12.8. The monoisotopic (exact) mass is 346 g/mol. The molecule has 0 aromatic carbocycles. The highest BCUT2D eigenvalue weighted by Crippen LogP contribution is 2.58. The molecule has 0 aliphatic heterocycles. The van der Waals surface area contributed by atoms with Crippen LogP contribution in [0.5, 0.6) is 0 Å². The quantitative estimate of drug-likeness (QED) is 0.621. The van der Waals surface area contributed by atoms with Crippen LogP contribution in [0.25, 0.3) is 0 Å². The second kappa shape index (κ2) is 5.83. The van der Waals surface area contributed by atoms with Gasteiger partial charge in [-0.05, 0) is 41.9 Å². The van der Waals surface area contributed by atoms with Gasteiger partial charge < -0.3 is 0 Å². The van der Waals surface area contributed by atoms with Gasteiger partial charge in [0.25, 0.3) is 5.56 Å². The summed E-state index contributed by atoms with van der Waals surface area (Å²) in [5, 5.41) is 13.3. The van der Waals surface area contributed by atoms with Crippen LogP contribution in [0.15, 0.2) is 26.7 Å². The van der Waals surface area contributed by atoms with Crippen molar-refractivity contribution in [3.05, 3.63) is 27.7 Å². The molecule has 130 valence electrons. The van der Waals surface area contributed by atoms with E-state index in [1.807, 2.05) is 33.2 Å². The number of hydrogen-bond acceptors (Lipinski definition) is 5. The molecule has 0 amide bonds. The molecule has 1 aromatic rings. The van der Waals surface area contributed by atoms with Crippen LogP contribution in [0.4, 0.5) is 0 Å². The van der Waals surface area contributed by atoms with Crippen molar-refractivity contribution in [3.63, 3.8) is 0 Å². The zero-order chi connectivity index (χ0) is 17.7. The first kappa shape index (κ1) is 17.4. The lowest BCUT2D eigenvalue weighted by Crippen LogP contribution is -2.48. The molecule has 1 saturated carbocycles. The summed E-state index contributed by atoms with van der Waals surface area (Å²) in [4.78, 5) is 12.8. The minimum atomic E-state index is -0.356. The fourth-order valence-corrected chi connectivity index (χ4v) is 4.16. The number of thioether (sulfide) groups is 1. The summed E-state index contributed by atoms with van der Waals surface area (Å²) >= 11 is 1.38. The van der Waals surface area contributed by atoms with Crippen molar-refractivity contribution in [2.45, 2.75) is 58.0 Å². The lowest BCUT2D eigenvalue weighted by atomic mass is 9.49. The summed E-state index contributed by atoms with van der Waals surface area (Å²) < 4.78 is 1.40. The number of rotatable bonds is 3. The Hall–Kier alpha value is -1.43. The molecule has 0 saturated heterocycles. The van der Waals surface area contributed by atoms with E-state index in [0.29, 0.717) is 22.2 Å². The van der Waals surface area contributed by atoms with Crippen LogP contribution >= 0.6 is 11.8 Å². The molecule has 6 heteroatoms. The molecule has 3 aliphatic carbocycles. The summed E-state index contributed by atoms with van der Waals surface area (Å²) in [5.41, 5.74) is 1.50. The molecular weight excluding hydrogens is 320 g/mol. The van der Waals surface area contributed by atoms with Crippen molar-refractivity contribution >= 4 is 18.0 Å². The van der Waals surface area contributed by atoms with Crippen molar-refractivity contribution < 1.29 is 0 Å². The number of allylic oxidation sites excluding steroid dienone is 2. The zero-order valence-corrected chi connectivity index (χ0v) is 16.1. The van der Waals surface area contributed by atoms with E-state index in [2.05, 4.69) is 35.2 Å². The van der Waals surface area contributed by atoms with Crippen LogP contribution in [0.3, 0.4) is 0 Å². The third-order valence-corrected chi connectivity index (χ3v) is 6.16. The van der Waals surface area contributed by atoms with E-state index in [-0.39, 0.29) is 11.0 Å². The number of hydrogen-bond donors (Lipinski definition) is 0. The summed E-state index contributed by atoms with van der Waals surface area (Å²) in [6.07, 6.45) is 8.35. The molecule has 0 radical (unpaired) electrons. The van der Waals surface area contributed by atoms with Gasteiger partial charge in [-0.25, -0.2) is 0 Å². The Bertz CT molecular complexity index is 770. The lowest BCUT2D eigenvalue weighted by Gasteiger charge is -2.55. The number of fused-ring (bicyclic) bond motifs is 1. The average Bonchev–Trinajstić information content (AvgIpc) is 2.52. The molecule has 1 fully saturated rings. The second-order valence-corrected chi connectivity index (χ2v) is 9.17. The van der Waals surface area contributed by atoms with Crippen LogP contribution < -0.4 is 5.56 Å². The molecule has 0 spiro atoms. The zero-order valence-electron chi connectivity index (χ0n) is 15.3. The first-order chi connectivity index (χ1) is 11.2. The largest absolute Gasteiger partial charge is 0.297 e. The standard InChI is InChI=1S/C18H26N4OS/c1-17(2,3)14-15(23)22(16(24-6)21-20-14)19-10-11-7-8-12-9-13(11)18(12,4)5/h7,10,12-13H,8-9H2,1-6H3/b19-10+. The Morgan fingerprint density at radius 2 is 2.08 bits per heavy atom. The smallest absolute Gasteiger partial charge is 0.265 e. The number of aromatic nitrogens is 3. The first-order valence-electron chi connectivity index (χ1n) is 8.45. The van der Waals surface area contributed by atoms with Crippen molar-refractivity contribution in [1.82, 2.24) is 14.9 Å². The molecule has 5 nitrogen and oxygen atoms in total. The van der Waals surface area contributed by atoms with Crippen LogP contribution in [0.2, 0.25) is 0 Å². The minimum absolute atomic E-state index is 0.180. The van der Waals surface area contributed by atoms with Gasteiger partial charge >= 0.3 is 0 Å². The first-order valence-corrected chi connectivity index (χ1v) is 9.67. The minimum Gasteiger partial charge on any atom is -0.265 e. The summed E-state index contributed by atoms with van der Waals surface area (Å²) in [7, 11) is 0. The Balaban J connectivity index is 1.98.